The maximum Gasteiger partial charge on any atom is 0.246 e. The van der Waals surface area contributed by atoms with Gasteiger partial charge in [0.1, 0.15) is 12.0 Å². The fourth-order valence-corrected chi connectivity index (χ4v) is 5.78. The summed E-state index contributed by atoms with van der Waals surface area (Å²) in [5.74, 6) is 0.657. The number of aryl methyl sites for hydroxylation is 1. The Hall–Kier alpha value is -2.43. The maximum atomic E-state index is 11.8. The van der Waals surface area contributed by atoms with E-state index in [4.69, 9.17) is 11.6 Å². The predicted octanol–water partition coefficient (Wildman–Crippen LogP) is 4.72. The minimum Gasteiger partial charge on any atom is -0.374 e. The van der Waals surface area contributed by atoms with Crippen LogP contribution >= 0.6 is 34.7 Å². The minimum absolute atomic E-state index is 0.0769. The first-order chi connectivity index (χ1) is 15.9. The highest BCUT2D eigenvalue weighted by Gasteiger charge is 2.26. The molecule has 172 valence electrons. The summed E-state index contributed by atoms with van der Waals surface area (Å²) < 4.78 is 0.969. The molecule has 0 radical (unpaired) electrons. The van der Waals surface area contributed by atoms with E-state index in [0.29, 0.717) is 31.2 Å². The Morgan fingerprint density at radius 3 is 2.79 bits per heavy atom. The van der Waals surface area contributed by atoms with Crippen molar-refractivity contribution >= 4 is 51.6 Å². The predicted molar refractivity (Wildman–Crippen MR) is 133 cm³/mol. The third-order valence-electron chi connectivity index (χ3n) is 5.34. The lowest BCUT2D eigenvalue weighted by Crippen LogP contribution is -2.49. The number of nitrogens with zero attached hydrogens (tertiary/aromatic N) is 4. The van der Waals surface area contributed by atoms with E-state index in [2.05, 4.69) is 21.9 Å². The molecule has 3 heterocycles. The third-order valence-corrected chi connectivity index (χ3v) is 7.84. The SMILES string of the molecule is C=CC(=O)N1CCN(C(O)c2cc(Sc3cnc(Nc4ccccn4)s3)c(Cl)cc2C)CC1. The Morgan fingerprint density at radius 2 is 2.09 bits per heavy atom. The highest BCUT2D eigenvalue weighted by Crippen LogP contribution is 2.40. The van der Waals surface area contributed by atoms with Crippen LogP contribution in [0.4, 0.5) is 10.9 Å². The molecule has 1 saturated heterocycles. The number of aromatic nitrogens is 2. The van der Waals surface area contributed by atoms with Crippen molar-refractivity contribution in [3.8, 4) is 0 Å². The molecule has 3 aromatic rings. The molecular formula is C23H24ClN5O2S2. The summed E-state index contributed by atoms with van der Waals surface area (Å²) >= 11 is 9.55. The third kappa shape index (κ3) is 5.74. The molecule has 7 nitrogen and oxygen atoms in total. The van der Waals surface area contributed by atoms with Gasteiger partial charge in [0.05, 0.1) is 15.4 Å². The van der Waals surface area contributed by atoms with E-state index in [9.17, 15) is 9.90 Å². The van der Waals surface area contributed by atoms with Crippen molar-refractivity contribution < 1.29 is 9.90 Å². The average molecular weight is 502 g/mol. The van der Waals surface area contributed by atoms with Crippen LogP contribution in [0.15, 0.2) is 64.5 Å². The van der Waals surface area contributed by atoms with Crippen molar-refractivity contribution in [3.63, 3.8) is 0 Å². The topological polar surface area (TPSA) is 81.6 Å². The zero-order valence-corrected chi connectivity index (χ0v) is 20.5. The molecule has 0 aliphatic carbocycles. The second-order valence-electron chi connectivity index (χ2n) is 7.50. The Balaban J connectivity index is 1.46. The maximum absolute atomic E-state index is 11.8. The standard InChI is InChI=1S/C23H24ClN5O2S2/c1-3-20(30)28-8-10-29(11-9-28)22(31)16-13-18(17(24)12-15(16)2)32-21-14-26-23(33-21)27-19-6-4-5-7-25-19/h3-7,12-14,22,31H,1,8-11H2,2H3,(H,25,26,27). The molecule has 1 fully saturated rings. The molecule has 33 heavy (non-hydrogen) atoms. The molecule has 2 N–H and O–H groups in total. The summed E-state index contributed by atoms with van der Waals surface area (Å²) in [5.41, 5.74) is 1.73. The number of amides is 1. The number of rotatable bonds is 7. The first-order valence-corrected chi connectivity index (χ1v) is 12.4. The Bertz CT molecular complexity index is 1130. The summed E-state index contributed by atoms with van der Waals surface area (Å²) in [6.07, 6.45) is 4.07. The molecule has 10 heteroatoms. The lowest BCUT2D eigenvalue weighted by molar-refractivity contribution is -0.129. The molecule has 1 atom stereocenters. The van der Waals surface area contributed by atoms with Crippen LogP contribution in [-0.2, 0) is 4.79 Å². The quantitative estimate of drug-likeness (QED) is 0.453. The van der Waals surface area contributed by atoms with Gasteiger partial charge in [-0.2, -0.15) is 0 Å². The molecule has 0 bridgehead atoms. The largest absolute Gasteiger partial charge is 0.374 e. The number of benzene rings is 1. The summed E-state index contributed by atoms with van der Waals surface area (Å²) in [7, 11) is 0. The number of hydrogen-bond acceptors (Lipinski definition) is 8. The number of piperazine rings is 1. The van der Waals surface area contributed by atoms with Crippen LogP contribution < -0.4 is 5.32 Å². The zero-order valence-electron chi connectivity index (χ0n) is 18.1. The van der Waals surface area contributed by atoms with Crippen LogP contribution in [-0.4, -0.2) is 57.0 Å². The Kier molecular flexibility index (Phi) is 7.67. The fourth-order valence-electron chi connectivity index (χ4n) is 3.56. The van der Waals surface area contributed by atoms with Gasteiger partial charge in [-0.1, -0.05) is 47.3 Å². The molecular weight excluding hydrogens is 478 g/mol. The summed E-state index contributed by atoms with van der Waals surface area (Å²) in [4.78, 5) is 25.1. The van der Waals surface area contributed by atoms with E-state index in [1.807, 2.05) is 42.2 Å². The van der Waals surface area contributed by atoms with Crippen LogP contribution in [0.1, 0.15) is 17.4 Å². The van der Waals surface area contributed by atoms with Gasteiger partial charge in [-0.05, 0) is 48.4 Å². The number of nitrogens with one attached hydrogen (secondary N) is 1. The first kappa shape index (κ1) is 23.7. The average Bonchev–Trinajstić information content (AvgIpc) is 3.27. The molecule has 1 aliphatic rings. The fraction of sp³-hybridized carbons (Fsp3) is 0.261. The number of anilines is 2. The van der Waals surface area contributed by atoms with Crippen molar-refractivity contribution in [2.75, 3.05) is 31.5 Å². The summed E-state index contributed by atoms with van der Waals surface area (Å²) in [5, 5.41) is 15.6. The van der Waals surface area contributed by atoms with Gasteiger partial charge in [0.2, 0.25) is 5.91 Å². The molecule has 4 rings (SSSR count). The van der Waals surface area contributed by atoms with Crippen LogP contribution in [0.2, 0.25) is 5.02 Å². The number of carbonyl (C=O) groups excluding carboxylic acids is 1. The highest BCUT2D eigenvalue weighted by atomic mass is 35.5. The van der Waals surface area contributed by atoms with Gasteiger partial charge in [-0.25, -0.2) is 9.97 Å². The van der Waals surface area contributed by atoms with E-state index >= 15 is 0 Å². The van der Waals surface area contributed by atoms with Gasteiger partial charge in [0.25, 0.3) is 0 Å². The van der Waals surface area contributed by atoms with Crippen molar-refractivity contribution in [1.29, 1.82) is 0 Å². The first-order valence-electron chi connectivity index (χ1n) is 10.4. The number of carbonyl (C=O) groups is 1. The molecule has 2 aromatic heterocycles. The molecule has 1 aliphatic heterocycles. The smallest absolute Gasteiger partial charge is 0.246 e. The van der Waals surface area contributed by atoms with Crippen LogP contribution in [0, 0.1) is 6.92 Å². The Labute approximate surface area is 206 Å². The van der Waals surface area contributed by atoms with Gasteiger partial charge in [0, 0.05) is 37.3 Å². The van der Waals surface area contributed by atoms with E-state index in [-0.39, 0.29) is 5.91 Å². The minimum atomic E-state index is -0.773. The lowest BCUT2D eigenvalue weighted by atomic mass is 10.1. The zero-order chi connectivity index (χ0) is 23.4. The van der Waals surface area contributed by atoms with Gasteiger partial charge >= 0.3 is 0 Å². The molecule has 0 saturated carbocycles. The molecule has 1 aromatic carbocycles. The van der Waals surface area contributed by atoms with E-state index in [1.54, 1.807) is 17.3 Å². The van der Waals surface area contributed by atoms with Crippen LogP contribution in [0.5, 0.6) is 0 Å². The van der Waals surface area contributed by atoms with Gasteiger partial charge in [0.15, 0.2) is 5.13 Å². The number of halogens is 1. The van der Waals surface area contributed by atoms with E-state index in [0.717, 1.165) is 31.2 Å². The monoisotopic (exact) mass is 501 g/mol. The van der Waals surface area contributed by atoms with Crippen molar-refractivity contribution in [1.82, 2.24) is 19.8 Å². The van der Waals surface area contributed by atoms with Gasteiger partial charge < -0.3 is 15.3 Å². The molecule has 1 unspecified atom stereocenters. The van der Waals surface area contributed by atoms with Crippen molar-refractivity contribution in [2.45, 2.75) is 22.3 Å². The molecule has 0 spiro atoms. The van der Waals surface area contributed by atoms with Crippen molar-refractivity contribution in [2.24, 2.45) is 0 Å². The van der Waals surface area contributed by atoms with Gasteiger partial charge in [-0.15, -0.1) is 0 Å². The number of thiazole rings is 1. The number of aliphatic hydroxyl groups excluding tert-OH is 1. The van der Waals surface area contributed by atoms with Crippen LogP contribution in [0.25, 0.3) is 0 Å². The number of hydrogen-bond donors (Lipinski definition) is 2. The summed E-state index contributed by atoms with van der Waals surface area (Å²) in [6.45, 7) is 7.78. The second kappa shape index (κ2) is 10.7. The second-order valence-corrected chi connectivity index (χ2v) is 10.3. The van der Waals surface area contributed by atoms with E-state index in [1.165, 1.54) is 29.2 Å². The number of aliphatic hydroxyl groups is 1. The highest BCUT2D eigenvalue weighted by molar-refractivity contribution is 8.01. The van der Waals surface area contributed by atoms with Gasteiger partial charge in [-0.3, -0.25) is 9.69 Å². The normalized spacial score (nSPS) is 15.3. The van der Waals surface area contributed by atoms with E-state index < -0.39 is 6.23 Å². The Morgan fingerprint density at radius 1 is 1.30 bits per heavy atom. The number of pyridine rings is 1. The summed E-state index contributed by atoms with van der Waals surface area (Å²) in [6, 6.07) is 9.48. The van der Waals surface area contributed by atoms with Crippen molar-refractivity contribution in [3.05, 3.63) is 71.5 Å². The van der Waals surface area contributed by atoms with Crippen LogP contribution in [0.3, 0.4) is 0 Å². The molecule has 1 amide bonds. The lowest BCUT2D eigenvalue weighted by Gasteiger charge is -2.37.